The van der Waals surface area contributed by atoms with Crippen molar-refractivity contribution in [2.45, 2.75) is 26.2 Å². The Morgan fingerprint density at radius 2 is 0.594 bits per heavy atom. The largest absolute Gasteiger partial charge is 0.477 e. The molecule has 2 aliphatic rings. The van der Waals surface area contributed by atoms with Crippen LogP contribution in [0, 0.1) is 0 Å². The zero-order chi connectivity index (χ0) is 44.5. The van der Waals surface area contributed by atoms with E-state index in [-0.39, 0.29) is 26.2 Å². The van der Waals surface area contributed by atoms with Gasteiger partial charge in [-0.25, -0.2) is 29.1 Å². The quantitative estimate of drug-likeness (QED) is 0.0921. The van der Waals surface area contributed by atoms with Gasteiger partial charge in [0.1, 0.15) is 0 Å². The predicted molar refractivity (Wildman–Crippen MR) is 232 cm³/mol. The Balaban J connectivity index is 1.38. The minimum Gasteiger partial charge on any atom is -0.477 e. The Labute approximate surface area is 362 Å². The summed E-state index contributed by atoms with van der Waals surface area (Å²) >= 11 is 0. The second-order valence-corrected chi connectivity index (χ2v) is 15.1. The molecule has 0 aliphatic carbocycles. The van der Waals surface area contributed by atoms with Crippen LogP contribution in [0.15, 0.2) is 122 Å². The van der Waals surface area contributed by atoms with Crippen molar-refractivity contribution in [3.05, 3.63) is 145 Å². The van der Waals surface area contributed by atoms with Crippen molar-refractivity contribution in [3.63, 3.8) is 0 Å². The van der Waals surface area contributed by atoms with Crippen LogP contribution < -0.4 is 18.3 Å². The minimum atomic E-state index is -0.980. The summed E-state index contributed by atoms with van der Waals surface area (Å²) in [7, 11) is 0. The first-order chi connectivity index (χ1) is 30.9. The van der Waals surface area contributed by atoms with E-state index in [1.807, 2.05) is 97.1 Å². The van der Waals surface area contributed by atoms with E-state index in [0.717, 1.165) is 50.0 Å². The Morgan fingerprint density at radius 3 is 0.875 bits per heavy atom. The van der Waals surface area contributed by atoms with E-state index < -0.39 is 23.9 Å². The molecule has 16 nitrogen and oxygen atoms in total. The maximum Gasteiger partial charge on any atom is 0.370 e. The van der Waals surface area contributed by atoms with Gasteiger partial charge >= 0.3 is 23.9 Å². The average molecular weight is 855 g/mol. The van der Waals surface area contributed by atoms with Crippen LogP contribution in [0.5, 0.6) is 0 Å². The number of hydrogen-bond donors (Lipinski definition) is 6. The lowest BCUT2D eigenvalue weighted by Gasteiger charge is -2.06. The molecular formula is C48H38N8O8+4. The number of carboxylic acids is 4. The molecule has 0 saturated carbocycles. The summed E-state index contributed by atoms with van der Waals surface area (Å²) in [6.07, 6.45) is 21.2. The van der Waals surface area contributed by atoms with Gasteiger partial charge in [-0.15, -0.1) is 0 Å². The summed E-state index contributed by atoms with van der Waals surface area (Å²) < 4.78 is 6.27. The molecule has 314 valence electrons. The van der Waals surface area contributed by atoms with E-state index in [2.05, 4.69) is 9.97 Å². The Morgan fingerprint density at radius 1 is 0.359 bits per heavy atom. The molecule has 8 bridgehead atoms. The number of carbonyl (C=O) groups is 4. The minimum absolute atomic E-state index is 0.212. The lowest BCUT2D eigenvalue weighted by atomic mass is 10.0. The molecular weight excluding hydrogens is 817 g/mol. The van der Waals surface area contributed by atoms with E-state index in [4.69, 9.17) is 9.97 Å². The zero-order valence-electron chi connectivity index (χ0n) is 33.8. The molecule has 0 atom stereocenters. The van der Waals surface area contributed by atoms with E-state index in [0.29, 0.717) is 39.4 Å². The highest BCUT2D eigenvalue weighted by atomic mass is 16.4. The van der Waals surface area contributed by atoms with Crippen molar-refractivity contribution in [2.75, 3.05) is 0 Å². The van der Waals surface area contributed by atoms with Crippen LogP contribution in [0.3, 0.4) is 0 Å². The third-order valence-electron chi connectivity index (χ3n) is 10.7. The Kier molecular flexibility index (Phi) is 10.7. The Hall–Kier alpha value is -8.92. The second-order valence-electron chi connectivity index (χ2n) is 15.1. The van der Waals surface area contributed by atoms with Gasteiger partial charge in [0.25, 0.3) is 0 Å². The summed E-state index contributed by atoms with van der Waals surface area (Å²) in [4.78, 5) is 64.0. The molecule has 0 amide bonds. The van der Waals surface area contributed by atoms with E-state index in [1.54, 1.807) is 67.8 Å². The van der Waals surface area contributed by atoms with Crippen LogP contribution in [0.1, 0.15) is 22.8 Å². The number of H-pyrrole nitrogens is 2. The van der Waals surface area contributed by atoms with Gasteiger partial charge in [-0.3, -0.25) is 0 Å². The molecule has 2 aliphatic heterocycles. The van der Waals surface area contributed by atoms with Crippen molar-refractivity contribution < 1.29 is 57.9 Å². The summed E-state index contributed by atoms with van der Waals surface area (Å²) in [5.74, 6) is -3.91. The van der Waals surface area contributed by atoms with E-state index in [1.165, 1.54) is 0 Å². The van der Waals surface area contributed by atoms with Gasteiger partial charge in [0.15, 0.2) is 49.6 Å². The third-order valence-corrected chi connectivity index (χ3v) is 10.7. The van der Waals surface area contributed by atoms with Crippen LogP contribution in [0.25, 0.3) is 90.9 Å². The van der Waals surface area contributed by atoms with E-state index >= 15 is 0 Å². The van der Waals surface area contributed by atoms with Crippen molar-refractivity contribution in [1.82, 2.24) is 19.9 Å². The van der Waals surface area contributed by atoms with Gasteiger partial charge in [0.2, 0.25) is 26.2 Å². The highest BCUT2D eigenvalue weighted by Gasteiger charge is 2.22. The number of aromatic nitrogens is 8. The number of hydrogen-bond acceptors (Lipinski definition) is 6. The first-order valence-electron chi connectivity index (χ1n) is 20.0. The maximum absolute atomic E-state index is 11.6. The molecule has 0 aromatic carbocycles. The first kappa shape index (κ1) is 40.5. The molecule has 0 radical (unpaired) electrons. The maximum atomic E-state index is 11.6. The van der Waals surface area contributed by atoms with Gasteiger partial charge in [-0.2, -0.15) is 18.3 Å². The molecule has 7 aromatic heterocycles. The van der Waals surface area contributed by atoms with Gasteiger partial charge in [-0.1, -0.05) is 0 Å². The molecule has 0 unspecified atom stereocenters. The molecule has 0 spiro atoms. The number of aromatic amines is 2. The molecule has 0 fully saturated rings. The number of fused-ring (bicyclic) bond motifs is 8. The lowest BCUT2D eigenvalue weighted by molar-refractivity contribution is -0.685. The van der Waals surface area contributed by atoms with Crippen LogP contribution >= 0.6 is 0 Å². The molecule has 7 aromatic rings. The van der Waals surface area contributed by atoms with Crippen molar-refractivity contribution in [3.8, 4) is 44.5 Å². The number of aliphatic carboxylic acids is 4. The van der Waals surface area contributed by atoms with Crippen LogP contribution in [-0.2, 0) is 45.4 Å². The highest BCUT2D eigenvalue weighted by Crippen LogP contribution is 2.38. The summed E-state index contributed by atoms with van der Waals surface area (Å²) in [5.41, 5.74) is 11.2. The van der Waals surface area contributed by atoms with Gasteiger partial charge in [0.05, 0.1) is 22.8 Å². The van der Waals surface area contributed by atoms with Crippen LogP contribution in [0.2, 0.25) is 0 Å². The summed E-state index contributed by atoms with van der Waals surface area (Å²) in [5, 5.41) is 37.9. The number of carboxylic acid groups (broad SMARTS) is 4. The summed E-state index contributed by atoms with van der Waals surface area (Å²) in [6, 6.07) is 22.5. The highest BCUT2D eigenvalue weighted by molar-refractivity contribution is 6.00. The average Bonchev–Trinajstić information content (AvgIpc) is 4.11. The van der Waals surface area contributed by atoms with E-state index in [9.17, 15) is 39.6 Å². The fourth-order valence-electron chi connectivity index (χ4n) is 7.96. The first-order valence-corrected chi connectivity index (χ1v) is 20.0. The Bertz CT molecular complexity index is 3100. The van der Waals surface area contributed by atoms with Gasteiger partial charge in [0, 0.05) is 92.9 Å². The topological polar surface area (TPSA) is 222 Å². The fourth-order valence-corrected chi connectivity index (χ4v) is 7.96. The van der Waals surface area contributed by atoms with Crippen molar-refractivity contribution >= 4 is 70.2 Å². The number of pyridine rings is 4. The second kappa shape index (κ2) is 16.9. The SMILES string of the molecule is O=C(O)C[n+]1ccc(-c2c3nc(c(-c4cc[n+](CC(=O)O)cc4)c4ccc([nH]4)c(-c4cc[n+](CC(=O)O)cc4)c4ccc([nH]4)c(-c4cc[n+](CC(=O)O)cc4)c4nc2C=C4)C=C3)cc1. The zero-order valence-corrected chi connectivity index (χ0v) is 33.8. The third kappa shape index (κ3) is 8.38. The van der Waals surface area contributed by atoms with Crippen LogP contribution in [-0.4, -0.2) is 64.2 Å². The molecule has 6 N–H and O–H groups in total. The standard InChI is InChI=1S/C48H34N8O8/c57-41(58)25-53-17-9-29(10-18-53)45-33-1-2-34(49-33)46(30-11-19-54(20-12-30)26-42(59)60)36-5-6-38(51-36)48(32-15-23-56(24-16-32)28-44(63)64)40-8-7-39(52-40)47(37-4-3-35(45)50-37)31-13-21-55(22-14-31)27-43(61)62/h1-24H,25-28H2,(H2-3,49,50,51,52,57,58,59,60,61,62,63,64)/p+4. The normalized spacial score (nSPS) is 11.8. The predicted octanol–water partition coefficient (Wildman–Crippen LogP) is 4.81. The number of rotatable bonds is 12. The number of nitrogens with zero attached hydrogens (tertiary/aromatic N) is 6. The molecule has 64 heavy (non-hydrogen) atoms. The molecule has 16 heteroatoms. The number of nitrogens with one attached hydrogen (secondary N) is 2. The smallest absolute Gasteiger partial charge is 0.370 e. The van der Waals surface area contributed by atoms with Crippen molar-refractivity contribution in [2.24, 2.45) is 0 Å². The van der Waals surface area contributed by atoms with Crippen LogP contribution in [0.4, 0.5) is 0 Å². The summed E-state index contributed by atoms with van der Waals surface area (Å²) in [6.45, 7) is -0.866. The molecule has 0 saturated heterocycles. The molecule has 9 heterocycles. The van der Waals surface area contributed by atoms with Gasteiger partial charge < -0.3 is 30.4 Å². The lowest BCUT2D eigenvalue weighted by Crippen LogP contribution is -2.36. The van der Waals surface area contributed by atoms with Gasteiger partial charge in [-0.05, 0) is 70.8 Å². The monoisotopic (exact) mass is 854 g/mol. The van der Waals surface area contributed by atoms with Crippen molar-refractivity contribution in [1.29, 1.82) is 0 Å². The fraction of sp³-hybridized carbons (Fsp3) is 0.0833. The molecule has 9 rings (SSSR count).